The van der Waals surface area contributed by atoms with Crippen LogP contribution in [0.25, 0.3) is 0 Å². The van der Waals surface area contributed by atoms with Gasteiger partial charge in [0.25, 0.3) is 0 Å². The van der Waals surface area contributed by atoms with E-state index in [1.54, 1.807) is 0 Å². The van der Waals surface area contributed by atoms with Gasteiger partial charge in [-0.15, -0.1) is 11.6 Å². The maximum absolute atomic E-state index is 13.4. The van der Waals surface area contributed by atoms with Crippen molar-refractivity contribution >= 4 is 17.6 Å². The Bertz CT molecular complexity index is 634. The van der Waals surface area contributed by atoms with Crippen molar-refractivity contribution in [2.75, 3.05) is 45.5 Å². The minimum absolute atomic E-state index is 0.133. The van der Waals surface area contributed by atoms with Gasteiger partial charge >= 0.3 is 5.97 Å². The fourth-order valence-corrected chi connectivity index (χ4v) is 2.38. The van der Waals surface area contributed by atoms with Crippen molar-refractivity contribution in [1.29, 1.82) is 0 Å². The number of rotatable bonds is 16. The van der Waals surface area contributed by atoms with E-state index in [4.69, 9.17) is 25.8 Å². The third kappa shape index (κ3) is 9.55. The predicted molar refractivity (Wildman–Crippen MR) is 98.1 cm³/mol. The van der Waals surface area contributed by atoms with Gasteiger partial charge in [0, 0.05) is 12.5 Å². The Hall–Kier alpha value is -1.49. The Kier molecular flexibility index (Phi) is 13.6. The molecule has 0 aliphatic rings. The van der Waals surface area contributed by atoms with Gasteiger partial charge in [-0.25, -0.2) is 13.2 Å². The van der Waals surface area contributed by atoms with Crippen LogP contribution in [0.4, 0.5) is 22.0 Å². The first kappa shape index (κ1) is 26.5. The number of unbranched alkanes of at least 4 members (excludes halogenated alkanes) is 3. The summed E-state index contributed by atoms with van der Waals surface area (Å²) in [6.07, 6.45) is 3.65. The zero-order valence-electron chi connectivity index (χ0n) is 16.3. The van der Waals surface area contributed by atoms with Crippen LogP contribution >= 0.6 is 11.6 Å². The molecule has 0 heterocycles. The lowest BCUT2D eigenvalue weighted by molar-refractivity contribution is -0.136. The highest BCUT2D eigenvalue weighted by Crippen LogP contribution is 2.29. The van der Waals surface area contributed by atoms with Crippen molar-refractivity contribution in [3.8, 4) is 5.75 Å². The second-order valence-electron chi connectivity index (χ2n) is 6.06. The number of carbonyl (C=O) groups is 1. The topological polar surface area (TPSA) is 54.0 Å². The number of halogens is 6. The molecule has 1 rings (SSSR count). The van der Waals surface area contributed by atoms with Crippen molar-refractivity contribution in [2.24, 2.45) is 0 Å². The summed E-state index contributed by atoms with van der Waals surface area (Å²) in [6, 6.07) is 0. The quantitative estimate of drug-likeness (QED) is 0.0687. The molecule has 11 heteroatoms. The number of ether oxygens (including phenoxy) is 4. The number of carbonyl (C=O) groups excluding carboxylic acids is 1. The fraction of sp³-hybridized carbons (Fsp3) is 0.632. The molecule has 0 aliphatic carbocycles. The van der Waals surface area contributed by atoms with E-state index in [2.05, 4.69) is 4.74 Å². The van der Waals surface area contributed by atoms with E-state index in [-0.39, 0.29) is 19.8 Å². The zero-order valence-corrected chi connectivity index (χ0v) is 17.1. The van der Waals surface area contributed by atoms with Crippen LogP contribution in [-0.4, -0.2) is 51.5 Å². The average Bonchev–Trinajstić information content (AvgIpc) is 2.74. The minimum atomic E-state index is -2.33. The highest BCUT2D eigenvalue weighted by molar-refractivity contribution is 6.17. The number of esters is 1. The van der Waals surface area contributed by atoms with Gasteiger partial charge in [-0.05, 0) is 12.8 Å². The second kappa shape index (κ2) is 15.3. The van der Waals surface area contributed by atoms with Crippen LogP contribution in [0.3, 0.4) is 0 Å². The Labute approximate surface area is 176 Å². The molecule has 172 valence electrons. The van der Waals surface area contributed by atoms with Gasteiger partial charge in [-0.2, -0.15) is 8.78 Å². The van der Waals surface area contributed by atoms with E-state index in [0.717, 1.165) is 25.7 Å². The molecule has 1 aromatic carbocycles. The van der Waals surface area contributed by atoms with E-state index in [1.165, 1.54) is 0 Å². The van der Waals surface area contributed by atoms with E-state index in [1.807, 2.05) is 0 Å². The Morgan fingerprint density at radius 1 is 0.633 bits per heavy atom. The van der Waals surface area contributed by atoms with Gasteiger partial charge in [-0.3, -0.25) is 4.79 Å². The van der Waals surface area contributed by atoms with Gasteiger partial charge in [0.1, 0.15) is 0 Å². The molecule has 0 spiro atoms. The van der Waals surface area contributed by atoms with Crippen molar-refractivity contribution < 1.29 is 45.7 Å². The Balaban J connectivity index is 2.09. The summed E-state index contributed by atoms with van der Waals surface area (Å²) in [7, 11) is 0. The molecule has 30 heavy (non-hydrogen) atoms. The minimum Gasteiger partial charge on any atom is -0.420 e. The van der Waals surface area contributed by atoms with Gasteiger partial charge in [0.15, 0.2) is 0 Å². The largest absolute Gasteiger partial charge is 0.420 e. The SMILES string of the molecule is O=C(CCOCCOCCOCCCCCCCl)Oc1c(F)c(F)c(F)c(F)c1F. The molecule has 0 fully saturated rings. The predicted octanol–water partition coefficient (Wildman–Crippen LogP) is 4.53. The zero-order chi connectivity index (χ0) is 22.4. The smallest absolute Gasteiger partial charge is 0.313 e. The molecule has 0 unspecified atom stereocenters. The lowest BCUT2D eigenvalue weighted by Crippen LogP contribution is -2.16. The summed E-state index contributed by atoms with van der Waals surface area (Å²) in [5.74, 6) is -13.3. The highest BCUT2D eigenvalue weighted by Gasteiger charge is 2.28. The molecule has 0 amide bonds. The number of alkyl halides is 1. The molecule has 0 aliphatic heterocycles. The molecule has 5 nitrogen and oxygen atoms in total. The Morgan fingerprint density at radius 3 is 1.67 bits per heavy atom. The van der Waals surface area contributed by atoms with E-state index in [0.29, 0.717) is 25.7 Å². The standard InChI is InChI=1S/C19H24ClF5O5/c20-6-3-1-2-4-7-27-9-11-29-12-10-28-8-5-13(26)30-19-17(24)15(22)14(21)16(23)18(19)25/h1-12H2. The maximum Gasteiger partial charge on any atom is 0.313 e. The second-order valence-corrected chi connectivity index (χ2v) is 6.44. The first-order valence-electron chi connectivity index (χ1n) is 9.41. The summed E-state index contributed by atoms with van der Waals surface area (Å²) in [6.45, 7) is 1.63. The number of hydrogen-bond acceptors (Lipinski definition) is 5. The summed E-state index contributed by atoms with van der Waals surface area (Å²) >= 11 is 5.57. The van der Waals surface area contributed by atoms with E-state index < -0.39 is 47.2 Å². The molecular weight excluding hydrogens is 439 g/mol. The Morgan fingerprint density at radius 2 is 1.10 bits per heavy atom. The van der Waals surface area contributed by atoms with Crippen LogP contribution in [0.2, 0.25) is 0 Å². The molecule has 0 aromatic heterocycles. The molecule has 0 radical (unpaired) electrons. The third-order valence-corrected chi connectivity index (χ3v) is 4.02. The molecular formula is C19H24ClF5O5. The molecule has 0 N–H and O–H groups in total. The van der Waals surface area contributed by atoms with Crippen molar-refractivity contribution in [3.63, 3.8) is 0 Å². The summed E-state index contributed by atoms with van der Waals surface area (Å²) < 4.78 is 85.7. The molecule has 0 bridgehead atoms. The van der Waals surface area contributed by atoms with Crippen LogP contribution in [0.15, 0.2) is 0 Å². The average molecular weight is 463 g/mol. The summed E-state index contributed by atoms with van der Waals surface area (Å²) in [4.78, 5) is 11.5. The number of benzene rings is 1. The molecule has 0 saturated heterocycles. The van der Waals surface area contributed by atoms with Crippen LogP contribution in [0.5, 0.6) is 5.75 Å². The van der Waals surface area contributed by atoms with Gasteiger partial charge in [-0.1, -0.05) is 12.8 Å². The first-order valence-corrected chi connectivity index (χ1v) is 9.94. The van der Waals surface area contributed by atoms with E-state index in [9.17, 15) is 26.7 Å². The van der Waals surface area contributed by atoms with Gasteiger partial charge in [0.05, 0.1) is 39.5 Å². The van der Waals surface area contributed by atoms with Crippen LogP contribution < -0.4 is 4.74 Å². The maximum atomic E-state index is 13.4. The van der Waals surface area contributed by atoms with Crippen molar-refractivity contribution in [2.45, 2.75) is 32.1 Å². The summed E-state index contributed by atoms with van der Waals surface area (Å²) in [5, 5.41) is 0. The van der Waals surface area contributed by atoms with Gasteiger partial charge in [0.2, 0.25) is 34.8 Å². The normalized spacial score (nSPS) is 11.1. The van der Waals surface area contributed by atoms with Crippen LogP contribution in [0.1, 0.15) is 32.1 Å². The lowest BCUT2D eigenvalue weighted by Gasteiger charge is -2.09. The first-order chi connectivity index (χ1) is 14.4. The van der Waals surface area contributed by atoms with Crippen molar-refractivity contribution in [1.82, 2.24) is 0 Å². The fourth-order valence-electron chi connectivity index (χ4n) is 2.19. The van der Waals surface area contributed by atoms with Gasteiger partial charge < -0.3 is 18.9 Å². The van der Waals surface area contributed by atoms with Crippen LogP contribution in [0, 0.1) is 29.1 Å². The monoisotopic (exact) mass is 462 g/mol. The molecule has 1 aromatic rings. The molecule has 0 atom stereocenters. The molecule has 0 saturated carbocycles. The number of hydrogen-bond donors (Lipinski definition) is 0. The summed E-state index contributed by atoms with van der Waals surface area (Å²) in [5.41, 5.74) is 0. The van der Waals surface area contributed by atoms with Crippen molar-refractivity contribution in [3.05, 3.63) is 29.1 Å². The lowest BCUT2D eigenvalue weighted by atomic mass is 10.2. The highest BCUT2D eigenvalue weighted by atomic mass is 35.5. The third-order valence-electron chi connectivity index (χ3n) is 3.75. The van der Waals surface area contributed by atoms with E-state index >= 15 is 0 Å². The van der Waals surface area contributed by atoms with Crippen LogP contribution in [-0.2, 0) is 19.0 Å².